The lowest BCUT2D eigenvalue weighted by Gasteiger charge is -2.36. The van der Waals surface area contributed by atoms with Gasteiger partial charge in [-0.2, -0.15) is 4.73 Å². The summed E-state index contributed by atoms with van der Waals surface area (Å²) in [5, 5.41) is 13.4. The number of thiazole rings is 1. The molecule has 2 aromatic carbocycles. The summed E-state index contributed by atoms with van der Waals surface area (Å²) < 4.78 is 17.7. The van der Waals surface area contributed by atoms with Gasteiger partial charge in [-0.25, -0.2) is 14.6 Å². The molecule has 65 heavy (non-hydrogen) atoms. The molecule has 1 fully saturated rings. The monoisotopic (exact) mass is 914 g/mol. The van der Waals surface area contributed by atoms with Crippen molar-refractivity contribution in [2.45, 2.75) is 111 Å². The molecule has 0 saturated carbocycles. The second-order valence-corrected chi connectivity index (χ2v) is 18.4. The molecule has 3 N–H and O–H groups in total. The molecule has 3 amide bonds. The lowest BCUT2D eigenvalue weighted by atomic mass is 9.84. The number of ketones is 2. The molecule has 18 nitrogen and oxygen atoms in total. The Bertz CT molecular complexity index is 2450. The number of oxime groups is 1. The minimum absolute atomic E-state index is 0.00876. The number of hydrogen-bond acceptors (Lipinski definition) is 15. The first-order valence-electron chi connectivity index (χ1n) is 20.8. The molecule has 2 aromatic heterocycles. The van der Waals surface area contributed by atoms with E-state index in [-0.39, 0.29) is 60.6 Å². The van der Waals surface area contributed by atoms with Crippen molar-refractivity contribution in [1.29, 1.82) is 0 Å². The zero-order valence-electron chi connectivity index (χ0n) is 37.6. The van der Waals surface area contributed by atoms with Gasteiger partial charge in [0.1, 0.15) is 35.8 Å². The van der Waals surface area contributed by atoms with Crippen molar-refractivity contribution in [3.8, 4) is 5.75 Å². The molecule has 0 aliphatic carbocycles. The molecule has 0 bridgehead atoms. The van der Waals surface area contributed by atoms with E-state index in [1.165, 1.54) is 30.2 Å². The highest BCUT2D eigenvalue weighted by Crippen LogP contribution is 2.25. The number of ether oxygens (including phenoxy) is 3. The number of carbonyl (C=O) groups excluding carboxylic acids is 6. The number of Topliss-reactive ketones (excluding diaryl/α,β-unsaturated/α-hetero) is 2. The van der Waals surface area contributed by atoms with Crippen molar-refractivity contribution in [2.24, 2.45) is 11.1 Å². The summed E-state index contributed by atoms with van der Waals surface area (Å²) in [6.07, 6.45) is -0.426. The number of benzene rings is 2. The van der Waals surface area contributed by atoms with Crippen LogP contribution in [0.25, 0.3) is 0 Å². The van der Waals surface area contributed by atoms with Gasteiger partial charge in [-0.3, -0.25) is 29.3 Å². The number of hydrogen-bond donors (Lipinski definition) is 3. The quantitative estimate of drug-likeness (QED) is 0.0325. The van der Waals surface area contributed by atoms with Crippen LogP contribution in [0.2, 0.25) is 0 Å². The Hall–Kier alpha value is -6.89. The van der Waals surface area contributed by atoms with E-state index in [1.54, 1.807) is 41.5 Å². The number of esters is 1. The summed E-state index contributed by atoms with van der Waals surface area (Å²) in [7, 11) is 0. The van der Waals surface area contributed by atoms with Crippen molar-refractivity contribution < 1.29 is 52.7 Å². The maximum absolute atomic E-state index is 13.9. The molecule has 1 saturated heterocycles. The number of anilines is 1. The van der Waals surface area contributed by atoms with Crippen LogP contribution in [-0.2, 0) is 46.7 Å². The van der Waals surface area contributed by atoms with E-state index in [0.717, 1.165) is 28.5 Å². The molecule has 1 aliphatic rings. The number of pyridine rings is 1. The van der Waals surface area contributed by atoms with Gasteiger partial charge in [-0.1, -0.05) is 65.8 Å². The fourth-order valence-corrected chi connectivity index (χ4v) is 6.59. The smallest absolute Gasteiger partial charge is 0.413 e. The summed E-state index contributed by atoms with van der Waals surface area (Å²) >= 11 is 0.974. The molecule has 5 rings (SSSR count). The first-order valence-corrected chi connectivity index (χ1v) is 21.6. The highest BCUT2D eigenvalue weighted by atomic mass is 32.1. The zero-order chi connectivity index (χ0) is 47.5. The first kappa shape index (κ1) is 49.1. The van der Waals surface area contributed by atoms with Crippen LogP contribution in [0.15, 0.2) is 88.3 Å². The Balaban J connectivity index is 1.23. The Morgan fingerprint density at radius 1 is 0.846 bits per heavy atom. The summed E-state index contributed by atoms with van der Waals surface area (Å²) in [5.41, 5.74) is -2.62. The van der Waals surface area contributed by atoms with Gasteiger partial charge in [0.15, 0.2) is 28.2 Å². The zero-order valence-corrected chi connectivity index (χ0v) is 38.4. The third kappa shape index (κ3) is 14.8. The van der Waals surface area contributed by atoms with E-state index >= 15 is 0 Å². The molecule has 3 heterocycles. The Kier molecular flexibility index (Phi) is 16.0. The average Bonchev–Trinajstić information content (AvgIpc) is 3.69. The predicted octanol–water partition coefficient (Wildman–Crippen LogP) is 5.55. The van der Waals surface area contributed by atoms with Gasteiger partial charge in [0.05, 0.1) is 18.2 Å². The van der Waals surface area contributed by atoms with Gasteiger partial charge in [0, 0.05) is 37.3 Å². The normalized spacial score (nSPS) is 15.1. The van der Waals surface area contributed by atoms with Crippen molar-refractivity contribution in [3.63, 3.8) is 0 Å². The summed E-state index contributed by atoms with van der Waals surface area (Å²) in [6, 6.07) is 18.9. The topological polar surface area (TPSA) is 232 Å². The second-order valence-electron chi connectivity index (χ2n) is 17.5. The Morgan fingerprint density at radius 3 is 2.09 bits per heavy atom. The third-order valence-corrected chi connectivity index (χ3v) is 10.0. The van der Waals surface area contributed by atoms with Crippen LogP contribution in [-0.4, -0.2) is 80.3 Å². The molecule has 0 unspecified atom stereocenters. The maximum atomic E-state index is 13.9. The highest BCUT2D eigenvalue weighted by Gasteiger charge is 2.42. The van der Waals surface area contributed by atoms with E-state index in [9.17, 15) is 33.6 Å². The summed E-state index contributed by atoms with van der Waals surface area (Å²) in [5.74, 6) is -3.92. The number of β-lactam (4-membered cyclic amide) rings is 1. The lowest BCUT2D eigenvalue weighted by Crippen LogP contribution is -2.62. The summed E-state index contributed by atoms with van der Waals surface area (Å²) in [4.78, 5) is 108. The number of amides is 3. The first-order chi connectivity index (χ1) is 30.6. The standard InChI is InChI=1S/C46H54N6O12S/c1-44(2,3)62-41(58)46(7,8)64-51-39(32-27-65-42(49-32)50-43(59)63-45(4,5)6)36(55)21-30-31(48-40(30)57)23-47-38(56)20-19-34(53)33-22-35(54)37(60-25-28-15-11-9-12-16-28)24-52(33)61-26-29-17-13-10-14-18-29/h9-18,22,24,27,30-31H,19-21,23,25-26H2,1-8H3,(H,47,56)(H,48,57)(H,49,50,59)/b51-39-/t30-,31+/m0/s1. The highest BCUT2D eigenvalue weighted by molar-refractivity contribution is 7.14. The van der Waals surface area contributed by atoms with E-state index in [2.05, 4.69) is 26.1 Å². The molecule has 0 spiro atoms. The minimum Gasteiger partial charge on any atom is -0.483 e. The number of nitrogens with zero attached hydrogens (tertiary/aromatic N) is 3. The van der Waals surface area contributed by atoms with Crippen molar-refractivity contribution in [3.05, 3.63) is 111 Å². The number of aromatic nitrogens is 2. The molecule has 2 atom stereocenters. The number of nitrogens with one attached hydrogen (secondary N) is 3. The van der Waals surface area contributed by atoms with Gasteiger partial charge >= 0.3 is 12.1 Å². The SMILES string of the molecule is CC(C)(C)OC(=O)Nc1nc(/C(=N/OC(C)(C)C(=O)OC(C)(C)C)C(=O)C[C@@H]2C(=O)N[C@@H]2CNC(=O)CCC(=O)c2cc(=O)c(OCc3ccccc3)cn2OCc2ccccc2)cs1. The van der Waals surface area contributed by atoms with Crippen LogP contribution in [0, 0.1) is 5.92 Å². The van der Waals surface area contributed by atoms with Gasteiger partial charge in [0.2, 0.25) is 22.8 Å². The Labute approximate surface area is 380 Å². The van der Waals surface area contributed by atoms with Crippen LogP contribution in [0.4, 0.5) is 9.93 Å². The van der Waals surface area contributed by atoms with E-state index in [1.807, 2.05) is 60.7 Å². The predicted molar refractivity (Wildman–Crippen MR) is 239 cm³/mol. The van der Waals surface area contributed by atoms with Gasteiger partial charge in [-0.15, -0.1) is 11.3 Å². The molecule has 0 radical (unpaired) electrons. The fraction of sp³-hybridized carbons (Fsp3) is 0.413. The summed E-state index contributed by atoms with van der Waals surface area (Å²) in [6.45, 7) is 13.0. The van der Waals surface area contributed by atoms with Gasteiger partial charge < -0.3 is 34.5 Å². The molecule has 19 heteroatoms. The van der Waals surface area contributed by atoms with Gasteiger partial charge in [0.25, 0.3) is 0 Å². The number of rotatable bonds is 20. The van der Waals surface area contributed by atoms with Crippen LogP contribution in [0.1, 0.15) is 102 Å². The van der Waals surface area contributed by atoms with E-state index in [4.69, 9.17) is 23.9 Å². The largest absolute Gasteiger partial charge is 0.483 e. The van der Waals surface area contributed by atoms with Crippen LogP contribution < -0.4 is 31.0 Å². The van der Waals surface area contributed by atoms with Gasteiger partial charge in [-0.05, 0) is 66.5 Å². The molecular formula is C46H54N6O12S. The van der Waals surface area contributed by atoms with E-state index in [0.29, 0.717) is 0 Å². The minimum atomic E-state index is -1.65. The van der Waals surface area contributed by atoms with Crippen LogP contribution in [0.5, 0.6) is 5.75 Å². The van der Waals surface area contributed by atoms with Crippen LogP contribution >= 0.6 is 11.3 Å². The fourth-order valence-electron chi connectivity index (χ4n) is 5.91. The third-order valence-electron chi connectivity index (χ3n) is 9.25. The van der Waals surface area contributed by atoms with E-state index < -0.39 is 76.1 Å². The number of carbonyl (C=O) groups is 6. The van der Waals surface area contributed by atoms with Crippen molar-refractivity contribution in [2.75, 3.05) is 11.9 Å². The molecule has 1 aliphatic heterocycles. The molecular weight excluding hydrogens is 861 g/mol. The van der Waals surface area contributed by atoms with Crippen LogP contribution in [0.3, 0.4) is 0 Å². The van der Waals surface area contributed by atoms with Crippen molar-refractivity contribution >= 4 is 57.6 Å². The Morgan fingerprint density at radius 2 is 1.48 bits per heavy atom. The average molecular weight is 915 g/mol. The van der Waals surface area contributed by atoms with Crippen molar-refractivity contribution in [1.82, 2.24) is 20.3 Å². The molecule has 4 aromatic rings. The second kappa shape index (κ2) is 21.2. The lowest BCUT2D eigenvalue weighted by molar-refractivity contribution is -0.179. The molecule has 346 valence electrons. The maximum Gasteiger partial charge on any atom is 0.413 e.